The Bertz CT molecular complexity index is 974. The molecule has 31 heavy (non-hydrogen) atoms. The minimum Gasteiger partial charge on any atom is -0.377 e. The number of carbonyl (C=O) groups is 2. The Balaban J connectivity index is 1.55. The second-order valence-electron chi connectivity index (χ2n) is 7.11. The first-order valence-electron chi connectivity index (χ1n) is 10.6. The fourth-order valence-corrected chi connectivity index (χ4v) is 3.37. The minimum absolute atomic E-state index is 0.114. The van der Waals surface area contributed by atoms with Crippen molar-refractivity contribution in [3.8, 4) is 11.1 Å². The summed E-state index contributed by atoms with van der Waals surface area (Å²) in [5.41, 5.74) is 3.14. The van der Waals surface area contributed by atoms with Gasteiger partial charge in [0.25, 0.3) is 11.8 Å². The molecule has 2 N–H and O–H groups in total. The zero-order valence-electron chi connectivity index (χ0n) is 17.7. The molecule has 3 rings (SSSR count). The molecule has 5 heteroatoms. The van der Waals surface area contributed by atoms with Crippen LogP contribution in [0.25, 0.3) is 11.1 Å². The maximum atomic E-state index is 12.9. The Morgan fingerprint density at radius 3 is 2.16 bits per heavy atom. The van der Waals surface area contributed by atoms with Gasteiger partial charge in [0.15, 0.2) is 0 Å². The number of benzene rings is 3. The zero-order chi connectivity index (χ0) is 21.9. The van der Waals surface area contributed by atoms with Gasteiger partial charge in [0.2, 0.25) is 0 Å². The van der Waals surface area contributed by atoms with Crippen LogP contribution in [0.3, 0.4) is 0 Å². The third kappa shape index (κ3) is 6.52. The van der Waals surface area contributed by atoms with Crippen molar-refractivity contribution in [2.75, 3.05) is 19.7 Å². The topological polar surface area (TPSA) is 67.4 Å². The van der Waals surface area contributed by atoms with Gasteiger partial charge >= 0.3 is 0 Å². The third-order valence-corrected chi connectivity index (χ3v) is 4.94. The van der Waals surface area contributed by atoms with Crippen LogP contribution in [0.15, 0.2) is 84.9 Å². The lowest BCUT2D eigenvalue weighted by atomic mass is 9.99. The molecule has 0 saturated carbocycles. The molecular weight excluding hydrogens is 388 g/mol. The molecule has 5 nitrogen and oxygen atoms in total. The number of ether oxygens (including phenoxy) is 1. The molecule has 0 aliphatic heterocycles. The normalized spacial score (nSPS) is 11.5. The van der Waals surface area contributed by atoms with Crippen LogP contribution in [-0.4, -0.2) is 37.6 Å². The van der Waals surface area contributed by atoms with Gasteiger partial charge in [-0.1, -0.05) is 66.7 Å². The van der Waals surface area contributed by atoms with E-state index in [1.54, 1.807) is 12.1 Å². The third-order valence-electron chi connectivity index (χ3n) is 4.94. The van der Waals surface area contributed by atoms with E-state index in [1.807, 2.05) is 79.7 Å². The quantitative estimate of drug-likeness (QED) is 0.518. The van der Waals surface area contributed by atoms with Gasteiger partial charge in [-0.25, -0.2) is 0 Å². The molecule has 160 valence electrons. The molecule has 0 spiro atoms. The molecule has 1 unspecified atom stereocenters. The molecule has 0 fully saturated rings. The number of carbonyl (C=O) groups excluding carboxylic acids is 2. The summed E-state index contributed by atoms with van der Waals surface area (Å²) in [6.07, 6.45) is 0.418. The summed E-state index contributed by atoms with van der Waals surface area (Å²) in [6, 6.07) is 26.5. The first-order valence-corrected chi connectivity index (χ1v) is 10.6. The molecule has 0 bridgehead atoms. The summed E-state index contributed by atoms with van der Waals surface area (Å²) < 4.78 is 5.76. The smallest absolute Gasteiger partial charge is 0.252 e. The summed E-state index contributed by atoms with van der Waals surface area (Å²) >= 11 is 0. The van der Waals surface area contributed by atoms with Crippen LogP contribution in [0.2, 0.25) is 0 Å². The largest absolute Gasteiger partial charge is 0.377 e. The van der Waals surface area contributed by atoms with Gasteiger partial charge in [0.05, 0.1) is 6.10 Å². The van der Waals surface area contributed by atoms with Crippen LogP contribution in [0, 0.1) is 0 Å². The number of hydrogen-bond donors (Lipinski definition) is 2. The van der Waals surface area contributed by atoms with Gasteiger partial charge in [-0.05, 0) is 42.7 Å². The molecule has 2 amide bonds. The molecule has 0 radical (unpaired) electrons. The van der Waals surface area contributed by atoms with Crippen molar-refractivity contribution in [1.82, 2.24) is 10.6 Å². The van der Waals surface area contributed by atoms with E-state index in [0.29, 0.717) is 37.2 Å². The number of nitrogens with one attached hydrogen (secondary N) is 2. The predicted octanol–water partition coefficient (Wildman–Crippen LogP) is 4.31. The monoisotopic (exact) mass is 416 g/mol. The Morgan fingerprint density at radius 2 is 1.45 bits per heavy atom. The molecule has 0 heterocycles. The standard InChI is InChI=1S/C26H28N2O3/c1-2-31-22(17-18-27-25(29)21-13-7-4-8-14-21)19-28-26(30)24-16-10-9-15-23(24)20-11-5-3-6-12-20/h3-16,22H,2,17-19H2,1H3,(H,27,29)(H,28,30). The average Bonchev–Trinajstić information content (AvgIpc) is 2.83. The summed E-state index contributed by atoms with van der Waals surface area (Å²) in [6.45, 7) is 3.29. The van der Waals surface area contributed by atoms with Crippen molar-refractivity contribution in [2.24, 2.45) is 0 Å². The van der Waals surface area contributed by atoms with E-state index in [2.05, 4.69) is 10.6 Å². The van der Waals surface area contributed by atoms with E-state index in [9.17, 15) is 9.59 Å². The molecule has 3 aromatic rings. The molecule has 0 aliphatic carbocycles. The number of hydrogen-bond acceptors (Lipinski definition) is 3. The highest BCUT2D eigenvalue weighted by atomic mass is 16.5. The Labute approximate surface area is 183 Å². The highest BCUT2D eigenvalue weighted by Crippen LogP contribution is 2.23. The minimum atomic E-state index is -0.186. The second-order valence-corrected chi connectivity index (χ2v) is 7.11. The van der Waals surface area contributed by atoms with Gasteiger partial charge in [-0.3, -0.25) is 9.59 Å². The van der Waals surface area contributed by atoms with Crippen LogP contribution >= 0.6 is 0 Å². The summed E-state index contributed by atoms with van der Waals surface area (Å²) in [5, 5.41) is 5.89. The number of rotatable bonds is 10. The van der Waals surface area contributed by atoms with E-state index in [1.165, 1.54) is 0 Å². The van der Waals surface area contributed by atoms with E-state index < -0.39 is 0 Å². The van der Waals surface area contributed by atoms with Crippen molar-refractivity contribution >= 4 is 11.8 Å². The van der Waals surface area contributed by atoms with Crippen molar-refractivity contribution in [2.45, 2.75) is 19.4 Å². The predicted molar refractivity (Wildman–Crippen MR) is 123 cm³/mol. The maximum absolute atomic E-state index is 12.9. The Kier molecular flexibility index (Phi) is 8.38. The lowest BCUT2D eigenvalue weighted by Gasteiger charge is -2.19. The van der Waals surface area contributed by atoms with Crippen molar-refractivity contribution in [3.05, 3.63) is 96.1 Å². The van der Waals surface area contributed by atoms with Crippen molar-refractivity contribution < 1.29 is 14.3 Å². The molecular formula is C26H28N2O3. The Morgan fingerprint density at radius 1 is 0.806 bits per heavy atom. The van der Waals surface area contributed by atoms with E-state index >= 15 is 0 Å². The summed E-state index contributed by atoms with van der Waals surface area (Å²) in [4.78, 5) is 25.1. The van der Waals surface area contributed by atoms with Gasteiger partial charge < -0.3 is 15.4 Å². The first kappa shape index (κ1) is 22.2. The lowest BCUT2D eigenvalue weighted by Crippen LogP contribution is -2.36. The van der Waals surface area contributed by atoms with E-state index in [0.717, 1.165) is 11.1 Å². The van der Waals surface area contributed by atoms with Crippen LogP contribution in [0.5, 0.6) is 0 Å². The van der Waals surface area contributed by atoms with Crippen molar-refractivity contribution in [3.63, 3.8) is 0 Å². The van der Waals surface area contributed by atoms with Crippen molar-refractivity contribution in [1.29, 1.82) is 0 Å². The number of amides is 2. The molecule has 3 aromatic carbocycles. The fraction of sp³-hybridized carbons (Fsp3) is 0.231. The van der Waals surface area contributed by atoms with Crippen LogP contribution < -0.4 is 10.6 Å². The van der Waals surface area contributed by atoms with Gasteiger partial charge in [-0.15, -0.1) is 0 Å². The second kappa shape index (κ2) is 11.7. The van der Waals surface area contributed by atoms with E-state index in [4.69, 9.17) is 4.74 Å². The Hall–Kier alpha value is -3.44. The zero-order valence-corrected chi connectivity index (χ0v) is 17.7. The SMILES string of the molecule is CCOC(CCNC(=O)c1ccccc1)CNC(=O)c1ccccc1-c1ccccc1. The maximum Gasteiger partial charge on any atom is 0.252 e. The fourth-order valence-electron chi connectivity index (χ4n) is 3.37. The van der Waals surface area contributed by atoms with E-state index in [-0.39, 0.29) is 17.9 Å². The van der Waals surface area contributed by atoms with Crippen LogP contribution in [0.4, 0.5) is 0 Å². The lowest BCUT2D eigenvalue weighted by molar-refractivity contribution is 0.0534. The molecule has 1 atom stereocenters. The van der Waals surface area contributed by atoms with Crippen LogP contribution in [0.1, 0.15) is 34.1 Å². The van der Waals surface area contributed by atoms with Gasteiger partial charge in [0, 0.05) is 30.8 Å². The highest BCUT2D eigenvalue weighted by Gasteiger charge is 2.15. The summed E-state index contributed by atoms with van der Waals surface area (Å²) in [5.74, 6) is -0.255. The van der Waals surface area contributed by atoms with Crippen LogP contribution in [-0.2, 0) is 4.74 Å². The first-order chi connectivity index (χ1) is 15.2. The average molecular weight is 417 g/mol. The molecule has 0 aromatic heterocycles. The van der Waals surface area contributed by atoms with Gasteiger partial charge in [0.1, 0.15) is 0 Å². The highest BCUT2D eigenvalue weighted by molar-refractivity contribution is 6.00. The molecule has 0 aliphatic rings. The van der Waals surface area contributed by atoms with Gasteiger partial charge in [-0.2, -0.15) is 0 Å². The molecule has 0 saturated heterocycles. The summed E-state index contributed by atoms with van der Waals surface area (Å²) in [7, 11) is 0.